The summed E-state index contributed by atoms with van der Waals surface area (Å²) in [6.07, 6.45) is 46.8. The van der Waals surface area contributed by atoms with E-state index in [0.717, 1.165) is 69.6 Å². The van der Waals surface area contributed by atoms with E-state index in [1.807, 2.05) is 0 Å². The summed E-state index contributed by atoms with van der Waals surface area (Å²) in [5.41, 5.74) is 0. The third-order valence-corrected chi connectivity index (χ3v) is 12.0. The van der Waals surface area contributed by atoms with Crippen LogP contribution in [0, 0.1) is 11.8 Å². The van der Waals surface area contributed by atoms with E-state index in [-0.39, 0.29) is 31.1 Å². The Kier molecular flexibility index (Phi) is 44.7. The van der Waals surface area contributed by atoms with Gasteiger partial charge in [-0.25, -0.2) is 0 Å². The lowest BCUT2D eigenvalue weighted by Crippen LogP contribution is -2.30. The maximum Gasteiger partial charge on any atom is 0.306 e. The molecule has 6 nitrogen and oxygen atoms in total. The molecule has 0 saturated carbocycles. The van der Waals surface area contributed by atoms with E-state index < -0.39 is 6.10 Å². The molecule has 0 rings (SSSR count). The average molecular weight is 835 g/mol. The minimum atomic E-state index is -0.762. The van der Waals surface area contributed by atoms with E-state index in [2.05, 4.69) is 34.6 Å². The Bertz CT molecular complexity index is 900. The molecule has 0 heterocycles. The molecule has 6 heteroatoms. The van der Waals surface area contributed by atoms with Crippen LogP contribution in [0.3, 0.4) is 0 Å². The zero-order valence-corrected chi connectivity index (χ0v) is 40.4. The second-order valence-corrected chi connectivity index (χ2v) is 19.1. The molecule has 0 fully saturated rings. The van der Waals surface area contributed by atoms with Crippen molar-refractivity contribution in [1.29, 1.82) is 0 Å². The fourth-order valence-corrected chi connectivity index (χ4v) is 7.99. The maximum absolute atomic E-state index is 12.8. The summed E-state index contributed by atoms with van der Waals surface area (Å²) in [4.78, 5) is 37.9. The van der Waals surface area contributed by atoms with Crippen molar-refractivity contribution in [3.63, 3.8) is 0 Å². The Morgan fingerprint density at radius 2 is 0.559 bits per heavy atom. The van der Waals surface area contributed by atoms with Gasteiger partial charge in [0.1, 0.15) is 13.2 Å². The summed E-state index contributed by atoms with van der Waals surface area (Å²) in [5, 5.41) is 0. The molecule has 0 amide bonds. The van der Waals surface area contributed by atoms with Gasteiger partial charge in [0.25, 0.3) is 0 Å². The second-order valence-electron chi connectivity index (χ2n) is 19.1. The van der Waals surface area contributed by atoms with Crippen molar-refractivity contribution in [1.82, 2.24) is 0 Å². The second kappa shape index (κ2) is 45.9. The largest absolute Gasteiger partial charge is 0.462 e. The van der Waals surface area contributed by atoms with Gasteiger partial charge in [0.15, 0.2) is 6.10 Å². The van der Waals surface area contributed by atoms with Gasteiger partial charge in [-0.2, -0.15) is 0 Å². The molecule has 0 N–H and O–H groups in total. The molecule has 1 atom stereocenters. The number of ether oxygens (including phenoxy) is 3. The quantitative estimate of drug-likeness (QED) is 0.0345. The molecule has 59 heavy (non-hydrogen) atoms. The first-order valence-corrected chi connectivity index (χ1v) is 26.2. The van der Waals surface area contributed by atoms with Crippen molar-refractivity contribution in [2.45, 2.75) is 298 Å². The zero-order valence-electron chi connectivity index (χ0n) is 40.4. The highest BCUT2D eigenvalue weighted by atomic mass is 16.6. The molecule has 0 unspecified atom stereocenters. The van der Waals surface area contributed by atoms with E-state index >= 15 is 0 Å². The lowest BCUT2D eigenvalue weighted by Gasteiger charge is -2.18. The lowest BCUT2D eigenvalue weighted by molar-refractivity contribution is -0.167. The van der Waals surface area contributed by atoms with Gasteiger partial charge in [-0.05, 0) is 31.1 Å². The molecule has 0 aliphatic carbocycles. The molecule has 350 valence electrons. The van der Waals surface area contributed by atoms with Gasteiger partial charge in [-0.1, -0.05) is 253 Å². The Hall–Kier alpha value is -1.59. The Morgan fingerprint density at radius 1 is 0.322 bits per heavy atom. The van der Waals surface area contributed by atoms with Gasteiger partial charge in [0.2, 0.25) is 0 Å². The summed E-state index contributed by atoms with van der Waals surface area (Å²) >= 11 is 0. The molecule has 0 aromatic heterocycles. The van der Waals surface area contributed by atoms with Crippen LogP contribution < -0.4 is 0 Å². The Morgan fingerprint density at radius 3 is 0.831 bits per heavy atom. The van der Waals surface area contributed by atoms with E-state index in [1.54, 1.807) is 0 Å². The first-order chi connectivity index (χ1) is 28.7. The van der Waals surface area contributed by atoms with Crippen LogP contribution in [0.2, 0.25) is 0 Å². The number of rotatable bonds is 47. The molecule has 0 bridgehead atoms. The van der Waals surface area contributed by atoms with Crippen LogP contribution in [0.5, 0.6) is 0 Å². The van der Waals surface area contributed by atoms with Gasteiger partial charge < -0.3 is 14.2 Å². The highest BCUT2D eigenvalue weighted by Gasteiger charge is 2.19. The number of hydrogen-bond acceptors (Lipinski definition) is 6. The number of carbonyl (C=O) groups excluding carboxylic acids is 3. The highest BCUT2D eigenvalue weighted by Crippen LogP contribution is 2.17. The fraction of sp³-hybridized carbons (Fsp3) is 0.943. The van der Waals surface area contributed by atoms with Crippen molar-refractivity contribution in [2.75, 3.05) is 13.2 Å². The minimum Gasteiger partial charge on any atom is -0.462 e. The lowest BCUT2D eigenvalue weighted by atomic mass is 10.0. The molecule has 0 saturated heterocycles. The molecule has 0 aromatic carbocycles. The maximum atomic E-state index is 12.8. The molecule has 0 aliphatic heterocycles. The van der Waals surface area contributed by atoms with E-state index in [0.29, 0.717) is 19.3 Å². The number of esters is 3. The summed E-state index contributed by atoms with van der Waals surface area (Å²) < 4.78 is 16.8. The van der Waals surface area contributed by atoms with Crippen molar-refractivity contribution in [2.24, 2.45) is 11.8 Å². The van der Waals surface area contributed by atoms with Crippen LogP contribution in [0.25, 0.3) is 0 Å². The standard InChI is InChI=1S/C53H102O6/c1-6-7-8-9-10-11-12-13-14-15-16-17-18-21-24-27-33-38-43-51(54)57-46-50(47-58-52(55)44-39-34-30-29-32-37-42-49(4)5)59-53(56)45-40-35-28-25-22-19-20-23-26-31-36-41-48(2)3/h48-50H,6-47H2,1-5H3/t50-/m1/s1. The average Bonchev–Trinajstić information content (AvgIpc) is 3.20. The van der Waals surface area contributed by atoms with Gasteiger partial charge in [0.05, 0.1) is 0 Å². The first kappa shape index (κ1) is 57.4. The predicted molar refractivity (Wildman–Crippen MR) is 252 cm³/mol. The van der Waals surface area contributed by atoms with Gasteiger partial charge in [0, 0.05) is 19.3 Å². The minimum absolute atomic E-state index is 0.0645. The monoisotopic (exact) mass is 835 g/mol. The Balaban J connectivity index is 4.24. The highest BCUT2D eigenvalue weighted by molar-refractivity contribution is 5.71. The molecule has 0 aromatic rings. The normalized spacial score (nSPS) is 12.1. The van der Waals surface area contributed by atoms with Crippen molar-refractivity contribution in [3.05, 3.63) is 0 Å². The van der Waals surface area contributed by atoms with Crippen LogP contribution >= 0.6 is 0 Å². The smallest absolute Gasteiger partial charge is 0.306 e. The topological polar surface area (TPSA) is 78.9 Å². The van der Waals surface area contributed by atoms with Gasteiger partial charge in [-0.15, -0.1) is 0 Å². The van der Waals surface area contributed by atoms with Crippen LogP contribution in [0.4, 0.5) is 0 Å². The van der Waals surface area contributed by atoms with E-state index in [9.17, 15) is 14.4 Å². The molecule has 0 spiro atoms. The Labute approximate surface area is 368 Å². The summed E-state index contributed by atoms with van der Waals surface area (Å²) in [6.45, 7) is 11.3. The van der Waals surface area contributed by atoms with Crippen molar-refractivity contribution >= 4 is 17.9 Å². The molecule has 0 aliphatic rings. The SMILES string of the molecule is CCCCCCCCCCCCCCCCCCCCC(=O)OC[C@H](COC(=O)CCCCCCCCC(C)C)OC(=O)CCCCCCCCCCCCCC(C)C. The number of hydrogen-bond donors (Lipinski definition) is 0. The van der Waals surface area contributed by atoms with Gasteiger partial charge in [-0.3, -0.25) is 14.4 Å². The summed E-state index contributed by atoms with van der Waals surface area (Å²) in [6, 6.07) is 0. The van der Waals surface area contributed by atoms with Crippen molar-refractivity contribution < 1.29 is 28.6 Å². The van der Waals surface area contributed by atoms with Crippen LogP contribution in [0.1, 0.15) is 291 Å². The van der Waals surface area contributed by atoms with Crippen molar-refractivity contribution in [3.8, 4) is 0 Å². The summed E-state index contributed by atoms with van der Waals surface area (Å²) in [5.74, 6) is 0.735. The third kappa shape index (κ3) is 47.3. The number of carbonyl (C=O) groups is 3. The molecular weight excluding hydrogens is 733 g/mol. The number of unbranched alkanes of at least 4 members (excludes halogenated alkanes) is 32. The molecule has 0 radical (unpaired) electrons. The fourth-order valence-electron chi connectivity index (χ4n) is 7.99. The third-order valence-electron chi connectivity index (χ3n) is 12.0. The van der Waals surface area contributed by atoms with E-state index in [4.69, 9.17) is 14.2 Å². The van der Waals surface area contributed by atoms with Gasteiger partial charge >= 0.3 is 17.9 Å². The van der Waals surface area contributed by atoms with Crippen LogP contribution in [0.15, 0.2) is 0 Å². The van der Waals surface area contributed by atoms with Crippen LogP contribution in [-0.2, 0) is 28.6 Å². The first-order valence-electron chi connectivity index (χ1n) is 26.2. The summed E-state index contributed by atoms with van der Waals surface area (Å²) in [7, 11) is 0. The van der Waals surface area contributed by atoms with E-state index in [1.165, 1.54) is 180 Å². The molecular formula is C53H102O6. The zero-order chi connectivity index (χ0) is 43.3. The van der Waals surface area contributed by atoms with Crippen LogP contribution in [-0.4, -0.2) is 37.2 Å². The predicted octanol–water partition coefficient (Wildman–Crippen LogP) is 16.9.